The topological polar surface area (TPSA) is 92.9 Å². The molecule has 2 saturated heterocycles. The molecule has 0 radical (unpaired) electrons. The highest BCUT2D eigenvalue weighted by molar-refractivity contribution is 5.89. The first-order chi connectivity index (χ1) is 9.52. The van der Waals surface area contributed by atoms with E-state index in [4.69, 9.17) is 10.5 Å². The fourth-order valence-electron chi connectivity index (χ4n) is 2.82. The van der Waals surface area contributed by atoms with E-state index in [1.165, 1.54) is 0 Å². The van der Waals surface area contributed by atoms with Crippen LogP contribution in [0.15, 0.2) is 0 Å². The molecule has 0 spiro atoms. The Balaban J connectivity index is 1.94. The van der Waals surface area contributed by atoms with Gasteiger partial charge in [0.15, 0.2) is 0 Å². The SMILES string of the molecule is CC(C)(C)OC(=O)N1CC(C)(N2CC(C(N)=O)CC2=O)C1. The van der Waals surface area contributed by atoms with Crippen LogP contribution in [0.2, 0.25) is 0 Å². The number of likely N-dealkylation sites (tertiary alicyclic amines) is 2. The van der Waals surface area contributed by atoms with E-state index in [1.54, 1.807) is 9.80 Å². The summed E-state index contributed by atoms with van der Waals surface area (Å²) in [7, 11) is 0. The lowest BCUT2D eigenvalue weighted by Gasteiger charge is -2.52. The number of amides is 3. The number of carbonyl (C=O) groups excluding carboxylic acids is 3. The van der Waals surface area contributed by atoms with Crippen LogP contribution >= 0.6 is 0 Å². The summed E-state index contributed by atoms with van der Waals surface area (Å²) in [5, 5.41) is 0. The smallest absolute Gasteiger partial charge is 0.410 e. The summed E-state index contributed by atoms with van der Waals surface area (Å²) in [6.07, 6.45) is -0.213. The Morgan fingerprint density at radius 3 is 2.33 bits per heavy atom. The van der Waals surface area contributed by atoms with Gasteiger partial charge in [0.2, 0.25) is 11.8 Å². The Hall–Kier alpha value is -1.79. The molecule has 0 bridgehead atoms. The second-order valence-corrected chi connectivity index (χ2v) is 7.14. The van der Waals surface area contributed by atoms with Crippen LogP contribution in [0.25, 0.3) is 0 Å². The van der Waals surface area contributed by atoms with Crippen LogP contribution in [0.4, 0.5) is 4.79 Å². The standard InChI is InChI=1S/C14H23N3O4/c1-13(2,3)21-12(20)16-7-14(4,8-16)17-6-9(11(15)19)5-10(17)18/h9H,5-8H2,1-4H3,(H2,15,19). The molecule has 0 aromatic carbocycles. The van der Waals surface area contributed by atoms with E-state index in [-0.39, 0.29) is 18.4 Å². The van der Waals surface area contributed by atoms with Gasteiger partial charge >= 0.3 is 6.09 Å². The van der Waals surface area contributed by atoms with E-state index in [1.807, 2.05) is 27.7 Å². The molecule has 7 nitrogen and oxygen atoms in total. The first-order valence-corrected chi connectivity index (χ1v) is 7.09. The third-order valence-electron chi connectivity index (χ3n) is 3.89. The van der Waals surface area contributed by atoms with Crippen LogP contribution in [-0.2, 0) is 14.3 Å². The Kier molecular flexibility index (Phi) is 3.63. The zero-order valence-electron chi connectivity index (χ0n) is 13.0. The van der Waals surface area contributed by atoms with E-state index >= 15 is 0 Å². The van der Waals surface area contributed by atoms with Crippen molar-refractivity contribution in [1.29, 1.82) is 0 Å². The van der Waals surface area contributed by atoms with Crippen LogP contribution < -0.4 is 5.73 Å². The average Bonchev–Trinajstić information content (AvgIpc) is 2.65. The maximum absolute atomic E-state index is 12.0. The predicted molar refractivity (Wildman–Crippen MR) is 75.2 cm³/mol. The zero-order valence-corrected chi connectivity index (χ0v) is 13.0. The average molecular weight is 297 g/mol. The third kappa shape index (κ3) is 3.11. The highest BCUT2D eigenvalue weighted by Gasteiger charge is 2.51. The van der Waals surface area contributed by atoms with Crippen LogP contribution in [0.1, 0.15) is 34.1 Å². The number of nitrogens with two attached hydrogens (primary N) is 1. The Bertz CT molecular complexity index is 477. The number of carbonyl (C=O) groups is 3. The van der Waals surface area contributed by atoms with Crippen LogP contribution in [0.3, 0.4) is 0 Å². The molecule has 2 heterocycles. The summed E-state index contributed by atoms with van der Waals surface area (Å²) in [6, 6.07) is 0. The van der Waals surface area contributed by atoms with Crippen molar-refractivity contribution >= 4 is 17.9 Å². The van der Waals surface area contributed by atoms with Gasteiger partial charge in [-0.25, -0.2) is 4.79 Å². The maximum atomic E-state index is 12.0. The predicted octanol–water partition coefficient (Wildman–Crippen LogP) is 0.330. The van der Waals surface area contributed by atoms with Gasteiger partial charge in [-0.2, -0.15) is 0 Å². The van der Waals surface area contributed by atoms with Gasteiger partial charge in [-0.05, 0) is 27.7 Å². The molecular formula is C14H23N3O4. The molecule has 2 N–H and O–H groups in total. The highest BCUT2D eigenvalue weighted by atomic mass is 16.6. The fourth-order valence-corrected chi connectivity index (χ4v) is 2.82. The number of ether oxygens (including phenoxy) is 1. The molecule has 0 saturated carbocycles. The van der Waals surface area contributed by atoms with E-state index in [2.05, 4.69) is 0 Å². The minimum Gasteiger partial charge on any atom is -0.444 e. The van der Waals surface area contributed by atoms with Crippen molar-refractivity contribution in [2.24, 2.45) is 11.7 Å². The summed E-state index contributed by atoms with van der Waals surface area (Å²) in [5.41, 5.74) is 4.30. The van der Waals surface area contributed by atoms with Crippen molar-refractivity contribution in [3.63, 3.8) is 0 Å². The monoisotopic (exact) mass is 297 g/mol. The number of primary amides is 1. The van der Waals surface area contributed by atoms with Crippen molar-refractivity contribution in [2.75, 3.05) is 19.6 Å². The molecule has 0 aromatic rings. The van der Waals surface area contributed by atoms with Crippen molar-refractivity contribution in [1.82, 2.24) is 9.80 Å². The van der Waals surface area contributed by atoms with Gasteiger partial charge in [0.05, 0.1) is 11.5 Å². The van der Waals surface area contributed by atoms with Gasteiger partial charge in [0.1, 0.15) is 5.60 Å². The van der Waals surface area contributed by atoms with Gasteiger partial charge in [0.25, 0.3) is 0 Å². The molecule has 2 aliphatic heterocycles. The number of rotatable bonds is 2. The van der Waals surface area contributed by atoms with Crippen molar-refractivity contribution < 1.29 is 19.1 Å². The van der Waals surface area contributed by atoms with Gasteiger partial charge in [-0.3, -0.25) is 9.59 Å². The maximum Gasteiger partial charge on any atom is 0.410 e. The van der Waals surface area contributed by atoms with E-state index < -0.39 is 23.0 Å². The lowest BCUT2D eigenvalue weighted by molar-refractivity contribution is -0.139. The lowest BCUT2D eigenvalue weighted by atomic mass is 9.90. The Morgan fingerprint density at radius 2 is 1.90 bits per heavy atom. The Morgan fingerprint density at radius 1 is 1.33 bits per heavy atom. The molecule has 1 atom stereocenters. The van der Waals surface area contributed by atoms with Gasteiger partial charge in [-0.1, -0.05) is 0 Å². The molecule has 3 amide bonds. The number of nitrogens with zero attached hydrogens (tertiary/aromatic N) is 2. The molecule has 0 aliphatic carbocycles. The molecular weight excluding hydrogens is 274 g/mol. The third-order valence-corrected chi connectivity index (χ3v) is 3.89. The minimum atomic E-state index is -0.538. The first kappa shape index (κ1) is 15.6. The second kappa shape index (κ2) is 4.89. The summed E-state index contributed by atoms with van der Waals surface area (Å²) < 4.78 is 5.29. The lowest BCUT2D eigenvalue weighted by Crippen LogP contribution is -2.70. The molecule has 1 unspecified atom stereocenters. The molecule has 7 heteroatoms. The molecule has 2 rings (SSSR count). The second-order valence-electron chi connectivity index (χ2n) is 7.14. The minimum absolute atomic E-state index is 0.0786. The Labute approximate surface area is 124 Å². The van der Waals surface area contributed by atoms with E-state index in [0.29, 0.717) is 19.6 Å². The summed E-state index contributed by atoms with van der Waals surface area (Å²) >= 11 is 0. The van der Waals surface area contributed by atoms with Crippen molar-refractivity contribution in [3.8, 4) is 0 Å². The van der Waals surface area contributed by atoms with Crippen molar-refractivity contribution in [2.45, 2.75) is 45.3 Å². The van der Waals surface area contributed by atoms with Gasteiger partial charge < -0.3 is 20.3 Å². The first-order valence-electron chi connectivity index (χ1n) is 7.09. The number of hydrogen-bond acceptors (Lipinski definition) is 4. The van der Waals surface area contributed by atoms with Crippen LogP contribution in [0.5, 0.6) is 0 Å². The van der Waals surface area contributed by atoms with Crippen molar-refractivity contribution in [3.05, 3.63) is 0 Å². The molecule has 21 heavy (non-hydrogen) atoms. The fraction of sp³-hybridized carbons (Fsp3) is 0.786. The van der Waals surface area contributed by atoms with Gasteiger partial charge in [0, 0.05) is 26.1 Å². The molecule has 2 aliphatic rings. The van der Waals surface area contributed by atoms with E-state index in [9.17, 15) is 14.4 Å². The molecule has 2 fully saturated rings. The largest absolute Gasteiger partial charge is 0.444 e. The quantitative estimate of drug-likeness (QED) is 0.795. The van der Waals surface area contributed by atoms with E-state index in [0.717, 1.165) is 0 Å². The summed E-state index contributed by atoms with van der Waals surface area (Å²) in [4.78, 5) is 38.4. The summed E-state index contributed by atoms with van der Waals surface area (Å²) in [5.74, 6) is -0.951. The normalized spacial score (nSPS) is 24.8. The van der Waals surface area contributed by atoms with Crippen LogP contribution in [0, 0.1) is 5.92 Å². The zero-order chi connectivity index (χ0) is 16.0. The summed E-state index contributed by atoms with van der Waals surface area (Å²) in [6.45, 7) is 8.52. The highest BCUT2D eigenvalue weighted by Crippen LogP contribution is 2.34. The van der Waals surface area contributed by atoms with Crippen LogP contribution in [-0.4, -0.2) is 58.5 Å². The molecule has 118 valence electrons. The molecule has 0 aromatic heterocycles. The number of hydrogen-bond donors (Lipinski definition) is 1. The van der Waals surface area contributed by atoms with Gasteiger partial charge in [-0.15, -0.1) is 0 Å².